The lowest BCUT2D eigenvalue weighted by atomic mass is 10.1. The van der Waals surface area contributed by atoms with Gasteiger partial charge in [0.1, 0.15) is 0 Å². The van der Waals surface area contributed by atoms with E-state index in [0.717, 1.165) is 12.3 Å². The zero-order valence-corrected chi connectivity index (χ0v) is 7.23. The molecule has 1 N–H and O–H groups in total. The molecule has 8 nitrogen and oxygen atoms in total. The normalized spacial score (nSPS) is 10.4. The highest BCUT2D eigenvalue weighted by atomic mass is 16.6. The summed E-state index contributed by atoms with van der Waals surface area (Å²) in [5.74, 6) is 0. The van der Waals surface area contributed by atoms with Crippen molar-refractivity contribution in [2.75, 3.05) is 0 Å². The molecule has 0 fully saturated rings. The van der Waals surface area contributed by atoms with Gasteiger partial charge in [0.2, 0.25) is 0 Å². The first-order valence-electron chi connectivity index (χ1n) is 3.67. The van der Waals surface area contributed by atoms with Crippen LogP contribution in [0.1, 0.15) is 5.56 Å². The van der Waals surface area contributed by atoms with Crippen LogP contribution in [0.4, 0.5) is 11.4 Å². The molecule has 0 bridgehead atoms. The molecule has 15 heavy (non-hydrogen) atoms. The Kier molecular flexibility index (Phi) is 2.91. The highest BCUT2D eigenvalue weighted by molar-refractivity contribution is 5.87. The van der Waals surface area contributed by atoms with Gasteiger partial charge in [0.05, 0.1) is 21.6 Å². The molecule has 0 aliphatic rings. The van der Waals surface area contributed by atoms with Crippen molar-refractivity contribution in [3.63, 3.8) is 0 Å². The fraction of sp³-hybridized carbons (Fsp3) is 0. The number of para-hydroxylation sites is 1. The second-order valence-corrected chi connectivity index (χ2v) is 2.47. The molecule has 78 valence electrons. The highest BCUT2D eigenvalue weighted by Gasteiger charge is 2.27. The van der Waals surface area contributed by atoms with Crippen LogP contribution in [-0.4, -0.2) is 21.3 Å². The van der Waals surface area contributed by atoms with E-state index in [1.54, 1.807) is 0 Å². The van der Waals surface area contributed by atoms with Crippen LogP contribution < -0.4 is 0 Å². The molecule has 0 aromatic heterocycles. The van der Waals surface area contributed by atoms with Crippen molar-refractivity contribution in [2.45, 2.75) is 0 Å². The fourth-order valence-electron chi connectivity index (χ4n) is 1.06. The Balaban J connectivity index is 3.48. The van der Waals surface area contributed by atoms with E-state index in [0.29, 0.717) is 0 Å². The first-order chi connectivity index (χ1) is 7.07. The molecule has 0 saturated heterocycles. The van der Waals surface area contributed by atoms with Crippen molar-refractivity contribution in [3.05, 3.63) is 44.0 Å². The van der Waals surface area contributed by atoms with Gasteiger partial charge in [0.25, 0.3) is 0 Å². The van der Waals surface area contributed by atoms with E-state index < -0.39 is 21.2 Å². The maximum Gasteiger partial charge on any atom is 0.354 e. The fourth-order valence-corrected chi connectivity index (χ4v) is 1.06. The maximum atomic E-state index is 10.6. The standard InChI is InChI=1S/C7H5N3O5/c11-8-4-5-2-1-3-6(9(12)13)7(5)10(14)15/h1-4,11H/b8-4-. The number of nitro benzene ring substituents is 2. The second-order valence-electron chi connectivity index (χ2n) is 2.47. The van der Waals surface area contributed by atoms with Gasteiger partial charge in [-0.1, -0.05) is 11.2 Å². The number of benzene rings is 1. The van der Waals surface area contributed by atoms with Crippen LogP contribution in [0.5, 0.6) is 0 Å². The molecule has 1 aromatic carbocycles. The summed E-state index contributed by atoms with van der Waals surface area (Å²) >= 11 is 0. The third kappa shape index (κ3) is 2.05. The molecule has 1 rings (SSSR count). The Morgan fingerprint density at radius 1 is 1.27 bits per heavy atom. The first kappa shape index (κ1) is 10.6. The van der Waals surface area contributed by atoms with E-state index in [-0.39, 0.29) is 5.56 Å². The van der Waals surface area contributed by atoms with E-state index in [4.69, 9.17) is 5.21 Å². The molecule has 0 unspecified atom stereocenters. The summed E-state index contributed by atoms with van der Waals surface area (Å²) in [5.41, 5.74) is -1.46. The van der Waals surface area contributed by atoms with Crippen LogP contribution in [0.2, 0.25) is 0 Å². The highest BCUT2D eigenvalue weighted by Crippen LogP contribution is 2.29. The summed E-state index contributed by atoms with van der Waals surface area (Å²) in [6.45, 7) is 0. The Morgan fingerprint density at radius 3 is 2.40 bits per heavy atom. The van der Waals surface area contributed by atoms with E-state index in [1.165, 1.54) is 12.1 Å². The van der Waals surface area contributed by atoms with E-state index in [9.17, 15) is 20.2 Å². The topological polar surface area (TPSA) is 119 Å². The lowest BCUT2D eigenvalue weighted by molar-refractivity contribution is -0.422. The van der Waals surface area contributed by atoms with Gasteiger partial charge < -0.3 is 5.21 Å². The molecule has 0 saturated carbocycles. The minimum Gasteiger partial charge on any atom is -0.411 e. The molecular formula is C7H5N3O5. The molecule has 0 radical (unpaired) electrons. The van der Waals surface area contributed by atoms with Crippen molar-refractivity contribution < 1.29 is 15.1 Å². The summed E-state index contributed by atoms with van der Waals surface area (Å²) in [5, 5.41) is 31.9. The summed E-state index contributed by atoms with van der Waals surface area (Å²) in [6, 6.07) is 3.51. The summed E-state index contributed by atoms with van der Waals surface area (Å²) in [7, 11) is 0. The molecule has 0 spiro atoms. The number of oxime groups is 1. The minimum atomic E-state index is -0.894. The van der Waals surface area contributed by atoms with Gasteiger partial charge in [-0.05, 0) is 6.07 Å². The molecular weight excluding hydrogens is 206 g/mol. The van der Waals surface area contributed by atoms with Gasteiger partial charge >= 0.3 is 11.4 Å². The maximum absolute atomic E-state index is 10.6. The Bertz CT molecular complexity index is 442. The minimum absolute atomic E-state index is 0.128. The summed E-state index contributed by atoms with van der Waals surface area (Å²) in [4.78, 5) is 19.3. The lowest BCUT2D eigenvalue weighted by Crippen LogP contribution is -2.00. The molecule has 8 heteroatoms. The molecule has 0 amide bonds. The number of rotatable bonds is 3. The molecule has 0 heterocycles. The van der Waals surface area contributed by atoms with Gasteiger partial charge in [-0.2, -0.15) is 0 Å². The molecule has 1 aromatic rings. The van der Waals surface area contributed by atoms with Crippen LogP contribution in [0.15, 0.2) is 23.4 Å². The van der Waals surface area contributed by atoms with Crippen molar-refractivity contribution in [2.24, 2.45) is 5.16 Å². The zero-order chi connectivity index (χ0) is 11.4. The smallest absolute Gasteiger partial charge is 0.354 e. The largest absolute Gasteiger partial charge is 0.411 e. The predicted molar refractivity (Wildman–Crippen MR) is 49.1 cm³/mol. The Labute approximate surface area is 82.7 Å². The number of hydrogen-bond donors (Lipinski definition) is 1. The average Bonchev–Trinajstić information content (AvgIpc) is 2.17. The van der Waals surface area contributed by atoms with Crippen LogP contribution in [0.25, 0.3) is 0 Å². The monoisotopic (exact) mass is 211 g/mol. The van der Waals surface area contributed by atoms with Crippen LogP contribution in [-0.2, 0) is 0 Å². The van der Waals surface area contributed by atoms with Gasteiger partial charge in [-0.15, -0.1) is 0 Å². The average molecular weight is 211 g/mol. The number of nitrogens with zero attached hydrogens (tertiary/aromatic N) is 3. The van der Waals surface area contributed by atoms with Crippen molar-refractivity contribution >= 4 is 17.6 Å². The molecule has 0 aliphatic carbocycles. The Hall–Kier alpha value is -2.51. The van der Waals surface area contributed by atoms with Crippen molar-refractivity contribution in [3.8, 4) is 0 Å². The van der Waals surface area contributed by atoms with E-state index in [1.807, 2.05) is 0 Å². The molecule has 0 atom stereocenters. The Morgan fingerprint density at radius 2 is 1.93 bits per heavy atom. The van der Waals surface area contributed by atoms with Gasteiger partial charge in [-0.25, -0.2) is 0 Å². The summed E-state index contributed by atoms with van der Waals surface area (Å²) in [6.07, 6.45) is 0.769. The number of hydrogen-bond acceptors (Lipinski definition) is 6. The predicted octanol–water partition coefficient (Wildman–Crippen LogP) is 1.31. The first-order valence-corrected chi connectivity index (χ1v) is 3.67. The zero-order valence-electron chi connectivity index (χ0n) is 7.23. The second kappa shape index (κ2) is 4.13. The third-order valence-corrected chi connectivity index (χ3v) is 1.62. The number of nitro groups is 2. The van der Waals surface area contributed by atoms with E-state index in [2.05, 4.69) is 5.16 Å². The van der Waals surface area contributed by atoms with E-state index >= 15 is 0 Å². The quantitative estimate of drug-likeness (QED) is 0.349. The molecule has 0 aliphatic heterocycles. The van der Waals surface area contributed by atoms with Gasteiger partial charge in [0, 0.05) is 6.07 Å². The lowest BCUT2D eigenvalue weighted by Gasteiger charge is -1.97. The van der Waals surface area contributed by atoms with Gasteiger partial charge in [-0.3, -0.25) is 20.2 Å². The van der Waals surface area contributed by atoms with Crippen LogP contribution >= 0.6 is 0 Å². The third-order valence-electron chi connectivity index (χ3n) is 1.62. The SMILES string of the molecule is O=[N+]([O-])c1cccc(/C=N\O)c1[N+](=O)[O-]. The summed E-state index contributed by atoms with van der Waals surface area (Å²) < 4.78 is 0. The van der Waals surface area contributed by atoms with Gasteiger partial charge in [0.15, 0.2) is 0 Å². The van der Waals surface area contributed by atoms with Crippen molar-refractivity contribution in [1.29, 1.82) is 0 Å². The van der Waals surface area contributed by atoms with Crippen LogP contribution in [0.3, 0.4) is 0 Å². The van der Waals surface area contributed by atoms with Crippen molar-refractivity contribution in [1.82, 2.24) is 0 Å². The van der Waals surface area contributed by atoms with Crippen LogP contribution in [0, 0.1) is 20.2 Å².